The summed E-state index contributed by atoms with van der Waals surface area (Å²) < 4.78 is 1.93. The fraction of sp³-hybridized carbons (Fsp3) is 0.208. The van der Waals surface area contributed by atoms with Gasteiger partial charge >= 0.3 is 0 Å². The maximum atomic E-state index is 12.6. The number of rotatable bonds is 5. The van der Waals surface area contributed by atoms with Gasteiger partial charge in [0.25, 0.3) is 11.8 Å². The predicted octanol–water partition coefficient (Wildman–Crippen LogP) is 3.87. The Bertz CT molecular complexity index is 1250. The molecule has 0 spiro atoms. The minimum absolute atomic E-state index is 0.103. The van der Waals surface area contributed by atoms with Gasteiger partial charge in [0.15, 0.2) is 0 Å². The molecule has 4 aromatic rings. The first kappa shape index (κ1) is 19.5. The third kappa shape index (κ3) is 3.84. The minimum atomic E-state index is -0.103. The molecule has 1 aliphatic heterocycles. The molecule has 4 heterocycles. The van der Waals surface area contributed by atoms with Crippen LogP contribution in [0, 0.1) is 6.92 Å². The van der Waals surface area contributed by atoms with Gasteiger partial charge in [0.05, 0.1) is 4.88 Å². The van der Waals surface area contributed by atoms with Crippen LogP contribution >= 0.6 is 11.3 Å². The number of aromatic nitrogens is 2. The van der Waals surface area contributed by atoms with Crippen LogP contribution in [0.3, 0.4) is 0 Å². The average molecular weight is 431 g/mol. The van der Waals surface area contributed by atoms with Crippen molar-refractivity contribution >= 4 is 28.8 Å². The molecule has 0 radical (unpaired) electrons. The lowest BCUT2D eigenvalue weighted by molar-refractivity contribution is 0.0607. The molecule has 31 heavy (non-hydrogen) atoms. The van der Waals surface area contributed by atoms with Crippen LogP contribution in [0.25, 0.3) is 5.65 Å². The summed E-state index contributed by atoms with van der Waals surface area (Å²) in [6.45, 7) is 3.86. The largest absolute Gasteiger partial charge is 0.348 e. The predicted molar refractivity (Wildman–Crippen MR) is 121 cm³/mol. The number of hydrogen-bond acceptors (Lipinski definition) is 4. The smallest absolute Gasteiger partial charge is 0.264 e. The van der Waals surface area contributed by atoms with Gasteiger partial charge in [-0.1, -0.05) is 12.1 Å². The molecule has 156 valence electrons. The Morgan fingerprint density at radius 1 is 1.13 bits per heavy atom. The number of aryl methyl sites for hydroxylation is 1. The first-order valence-electron chi connectivity index (χ1n) is 10.2. The van der Waals surface area contributed by atoms with Crippen LogP contribution in [0.5, 0.6) is 0 Å². The van der Waals surface area contributed by atoms with Crippen LogP contribution in [0.1, 0.15) is 42.6 Å². The fourth-order valence-corrected chi connectivity index (χ4v) is 4.74. The lowest BCUT2D eigenvalue weighted by Crippen LogP contribution is -2.48. The van der Waals surface area contributed by atoms with E-state index < -0.39 is 0 Å². The molecule has 3 aromatic heterocycles. The Hall–Kier alpha value is -3.45. The number of imidazole rings is 1. The Balaban J connectivity index is 1.16. The van der Waals surface area contributed by atoms with Gasteiger partial charge in [-0.3, -0.25) is 9.59 Å². The Labute approximate surface area is 184 Å². The standard InChI is InChI=1S/C24H22N4O2S/c1-16-7-11-31-22(16)24(30)28-14-20(15-28)18-2-4-19(5-3-18)23(29)26-13-17-6-9-27-10-8-25-21(27)12-17/h2-12,20H,13-15H2,1H3,(H,26,29). The van der Waals surface area contributed by atoms with E-state index in [-0.39, 0.29) is 11.8 Å². The molecule has 1 N–H and O–H groups in total. The number of likely N-dealkylation sites (tertiary alicyclic amines) is 1. The van der Waals surface area contributed by atoms with Crippen LogP contribution in [-0.2, 0) is 6.54 Å². The molecule has 1 saturated heterocycles. The highest BCUT2D eigenvalue weighted by Gasteiger charge is 2.33. The highest BCUT2D eigenvalue weighted by atomic mass is 32.1. The highest BCUT2D eigenvalue weighted by Crippen LogP contribution is 2.30. The maximum absolute atomic E-state index is 12.6. The van der Waals surface area contributed by atoms with Gasteiger partial charge in [-0.05, 0) is 59.3 Å². The number of benzene rings is 1. The highest BCUT2D eigenvalue weighted by molar-refractivity contribution is 7.12. The third-order valence-electron chi connectivity index (χ3n) is 5.78. The second-order valence-corrected chi connectivity index (χ2v) is 8.79. The normalized spacial score (nSPS) is 13.9. The average Bonchev–Trinajstić information content (AvgIpc) is 3.39. The Morgan fingerprint density at radius 2 is 1.94 bits per heavy atom. The monoisotopic (exact) mass is 430 g/mol. The second kappa shape index (κ2) is 8.00. The van der Waals surface area contributed by atoms with E-state index in [4.69, 9.17) is 0 Å². The summed E-state index contributed by atoms with van der Waals surface area (Å²) in [5, 5.41) is 4.92. The van der Waals surface area contributed by atoms with Gasteiger partial charge < -0.3 is 14.6 Å². The number of carbonyl (C=O) groups excluding carboxylic acids is 2. The van der Waals surface area contributed by atoms with Crippen molar-refractivity contribution in [1.29, 1.82) is 0 Å². The van der Waals surface area contributed by atoms with Crippen molar-refractivity contribution in [2.45, 2.75) is 19.4 Å². The molecule has 2 amide bonds. The molecule has 7 heteroatoms. The summed E-state index contributed by atoms with van der Waals surface area (Å²) in [4.78, 5) is 32.1. The number of nitrogens with one attached hydrogen (secondary N) is 1. The summed E-state index contributed by atoms with van der Waals surface area (Å²) in [6, 6.07) is 13.6. The summed E-state index contributed by atoms with van der Waals surface area (Å²) >= 11 is 1.50. The molecule has 0 saturated carbocycles. The number of amides is 2. The van der Waals surface area contributed by atoms with E-state index in [0.717, 1.165) is 40.3 Å². The van der Waals surface area contributed by atoms with Crippen molar-refractivity contribution in [3.8, 4) is 0 Å². The fourth-order valence-electron chi connectivity index (χ4n) is 3.84. The van der Waals surface area contributed by atoms with Crippen molar-refractivity contribution in [2.24, 2.45) is 0 Å². The summed E-state index contributed by atoms with van der Waals surface area (Å²) in [7, 11) is 0. The van der Waals surface area contributed by atoms with E-state index in [2.05, 4.69) is 10.3 Å². The van der Waals surface area contributed by atoms with E-state index in [9.17, 15) is 9.59 Å². The second-order valence-electron chi connectivity index (χ2n) is 7.87. The first-order chi connectivity index (χ1) is 15.1. The number of nitrogens with zero attached hydrogens (tertiary/aromatic N) is 3. The zero-order chi connectivity index (χ0) is 21.4. The van der Waals surface area contributed by atoms with E-state index in [0.29, 0.717) is 18.0 Å². The number of pyridine rings is 1. The Morgan fingerprint density at radius 3 is 2.68 bits per heavy atom. The van der Waals surface area contributed by atoms with E-state index in [1.54, 1.807) is 6.20 Å². The quantitative estimate of drug-likeness (QED) is 0.523. The van der Waals surface area contributed by atoms with E-state index in [1.165, 1.54) is 11.3 Å². The van der Waals surface area contributed by atoms with Crippen molar-refractivity contribution in [1.82, 2.24) is 19.6 Å². The van der Waals surface area contributed by atoms with E-state index >= 15 is 0 Å². The maximum Gasteiger partial charge on any atom is 0.264 e. The van der Waals surface area contributed by atoms with Gasteiger partial charge in [0.2, 0.25) is 0 Å². The zero-order valence-corrected chi connectivity index (χ0v) is 17.9. The molecule has 5 rings (SSSR count). The number of hydrogen-bond donors (Lipinski definition) is 1. The molecular weight excluding hydrogens is 408 g/mol. The van der Waals surface area contributed by atoms with Crippen molar-refractivity contribution in [3.63, 3.8) is 0 Å². The number of fused-ring (bicyclic) bond motifs is 1. The van der Waals surface area contributed by atoms with Crippen molar-refractivity contribution in [3.05, 3.63) is 93.6 Å². The summed E-state index contributed by atoms with van der Waals surface area (Å²) in [6.07, 6.45) is 5.57. The van der Waals surface area contributed by atoms with Crippen LogP contribution in [-0.4, -0.2) is 39.2 Å². The van der Waals surface area contributed by atoms with E-state index in [1.807, 2.05) is 76.5 Å². The molecule has 0 aliphatic carbocycles. The van der Waals surface area contributed by atoms with Gasteiger partial charge in [-0.25, -0.2) is 4.98 Å². The van der Waals surface area contributed by atoms with Gasteiger partial charge in [0.1, 0.15) is 5.65 Å². The molecule has 1 aliphatic rings. The van der Waals surface area contributed by atoms with Crippen LogP contribution < -0.4 is 5.32 Å². The SMILES string of the molecule is Cc1ccsc1C(=O)N1CC(c2ccc(C(=O)NCc3ccn4ccnc4c3)cc2)C1. The third-order valence-corrected chi connectivity index (χ3v) is 6.79. The molecule has 1 fully saturated rings. The topological polar surface area (TPSA) is 66.7 Å². The van der Waals surface area contributed by atoms with Crippen molar-refractivity contribution in [2.75, 3.05) is 13.1 Å². The molecule has 0 unspecified atom stereocenters. The molecule has 6 nitrogen and oxygen atoms in total. The minimum Gasteiger partial charge on any atom is -0.348 e. The van der Waals surface area contributed by atoms with Gasteiger partial charge in [-0.15, -0.1) is 11.3 Å². The zero-order valence-electron chi connectivity index (χ0n) is 17.1. The molecule has 0 bridgehead atoms. The first-order valence-corrected chi connectivity index (χ1v) is 11.1. The number of carbonyl (C=O) groups is 2. The molecule has 0 atom stereocenters. The molecular formula is C24H22N4O2S. The van der Waals surface area contributed by atoms with Gasteiger partial charge in [0, 0.05) is 49.7 Å². The lowest BCUT2D eigenvalue weighted by atomic mass is 9.90. The van der Waals surface area contributed by atoms with Crippen molar-refractivity contribution < 1.29 is 9.59 Å². The number of thiophene rings is 1. The van der Waals surface area contributed by atoms with Crippen LogP contribution in [0.4, 0.5) is 0 Å². The summed E-state index contributed by atoms with van der Waals surface area (Å²) in [5.74, 6) is 0.337. The summed E-state index contributed by atoms with van der Waals surface area (Å²) in [5.41, 5.74) is 4.70. The lowest BCUT2D eigenvalue weighted by Gasteiger charge is -2.39. The van der Waals surface area contributed by atoms with Crippen LogP contribution in [0.15, 0.2) is 66.4 Å². The Kier molecular flexibility index (Phi) is 5.03. The molecule has 1 aromatic carbocycles. The van der Waals surface area contributed by atoms with Crippen LogP contribution in [0.2, 0.25) is 0 Å². The van der Waals surface area contributed by atoms with Gasteiger partial charge in [-0.2, -0.15) is 0 Å².